The summed E-state index contributed by atoms with van der Waals surface area (Å²) in [6.07, 6.45) is 0. The zero-order chi connectivity index (χ0) is 15.1. The molecule has 0 unspecified atom stereocenters. The van der Waals surface area contributed by atoms with Crippen LogP contribution < -0.4 is 0 Å². The molecule has 20 heavy (non-hydrogen) atoms. The van der Waals surface area contributed by atoms with E-state index < -0.39 is 0 Å². The average molecular weight is 357 g/mol. The van der Waals surface area contributed by atoms with Gasteiger partial charge in [-0.05, 0) is 28.2 Å². The van der Waals surface area contributed by atoms with Crippen molar-refractivity contribution < 1.29 is 0 Å². The van der Waals surface area contributed by atoms with Crippen LogP contribution in [0.25, 0.3) is 0 Å². The number of hydrogen-bond acceptors (Lipinski definition) is 6. The largest absolute Gasteiger partial charge is 0.309 e. The van der Waals surface area contributed by atoms with Crippen LogP contribution in [0.5, 0.6) is 0 Å². The van der Waals surface area contributed by atoms with Crippen LogP contribution in [0.2, 0.25) is 0 Å². The standard InChI is InChI=1S/C14H32N2S4/c1-15(2)5-7-17-9-11-19-13-14-20-12-10-18-8-6-16(3)4/h5-14H2,1-4H3. The lowest BCUT2D eigenvalue weighted by Crippen LogP contribution is -2.15. The molecule has 0 aliphatic carbocycles. The van der Waals surface area contributed by atoms with E-state index in [0.717, 1.165) is 0 Å². The highest BCUT2D eigenvalue weighted by Gasteiger charge is 1.95. The van der Waals surface area contributed by atoms with Gasteiger partial charge in [0, 0.05) is 59.1 Å². The predicted molar refractivity (Wildman–Crippen MR) is 106 cm³/mol. The molecule has 0 fully saturated rings. The van der Waals surface area contributed by atoms with E-state index in [9.17, 15) is 0 Å². The molecule has 0 aromatic heterocycles. The Morgan fingerprint density at radius 2 is 0.700 bits per heavy atom. The van der Waals surface area contributed by atoms with Gasteiger partial charge in [-0.2, -0.15) is 47.0 Å². The van der Waals surface area contributed by atoms with Crippen LogP contribution in [0.15, 0.2) is 0 Å². The third kappa shape index (κ3) is 19.3. The van der Waals surface area contributed by atoms with Gasteiger partial charge in [0.1, 0.15) is 0 Å². The Balaban J connectivity index is 2.96. The second-order valence-corrected chi connectivity index (χ2v) is 9.96. The molecule has 6 heteroatoms. The fourth-order valence-corrected chi connectivity index (χ4v) is 5.89. The monoisotopic (exact) mass is 356 g/mol. The van der Waals surface area contributed by atoms with Crippen molar-refractivity contribution in [2.24, 2.45) is 0 Å². The second-order valence-electron chi connectivity index (χ2n) is 5.06. The maximum absolute atomic E-state index is 2.26. The van der Waals surface area contributed by atoms with Gasteiger partial charge in [0.05, 0.1) is 0 Å². The summed E-state index contributed by atoms with van der Waals surface area (Å²) < 4.78 is 0. The molecule has 2 nitrogen and oxygen atoms in total. The zero-order valence-corrected chi connectivity index (χ0v) is 16.9. The molecule has 0 saturated heterocycles. The van der Waals surface area contributed by atoms with E-state index in [1.54, 1.807) is 0 Å². The fraction of sp³-hybridized carbons (Fsp3) is 1.00. The van der Waals surface area contributed by atoms with Crippen LogP contribution in [0, 0.1) is 0 Å². The van der Waals surface area contributed by atoms with Crippen molar-refractivity contribution in [3.8, 4) is 0 Å². The maximum Gasteiger partial charge on any atom is 0.00662 e. The normalized spacial score (nSPS) is 11.7. The predicted octanol–water partition coefficient (Wildman–Crippen LogP) is 3.04. The average Bonchev–Trinajstić information content (AvgIpc) is 2.38. The lowest BCUT2D eigenvalue weighted by atomic mass is 10.7. The van der Waals surface area contributed by atoms with Gasteiger partial charge in [-0.25, -0.2) is 0 Å². The number of nitrogens with zero attached hydrogens (tertiary/aromatic N) is 2. The lowest BCUT2D eigenvalue weighted by Gasteiger charge is -2.08. The number of thioether (sulfide) groups is 4. The number of hydrogen-bond donors (Lipinski definition) is 0. The van der Waals surface area contributed by atoms with E-state index in [2.05, 4.69) is 85.0 Å². The second kappa shape index (κ2) is 16.7. The highest BCUT2D eigenvalue weighted by atomic mass is 32.2. The third-order valence-corrected chi connectivity index (χ3v) is 7.16. The molecule has 0 spiro atoms. The van der Waals surface area contributed by atoms with Crippen molar-refractivity contribution in [3.05, 3.63) is 0 Å². The molecular formula is C14H32N2S4. The van der Waals surface area contributed by atoms with Gasteiger partial charge in [-0.1, -0.05) is 0 Å². The summed E-state index contributed by atoms with van der Waals surface area (Å²) in [5.41, 5.74) is 0. The Kier molecular flexibility index (Phi) is 17.8. The van der Waals surface area contributed by atoms with Crippen LogP contribution >= 0.6 is 47.0 Å². The van der Waals surface area contributed by atoms with Gasteiger partial charge in [-0.3, -0.25) is 0 Å². The van der Waals surface area contributed by atoms with Crippen molar-refractivity contribution in [2.45, 2.75) is 0 Å². The van der Waals surface area contributed by atoms with Gasteiger partial charge in [0.25, 0.3) is 0 Å². The van der Waals surface area contributed by atoms with Gasteiger partial charge in [0.2, 0.25) is 0 Å². The Morgan fingerprint density at radius 3 is 0.950 bits per heavy atom. The van der Waals surface area contributed by atoms with Crippen molar-refractivity contribution in [1.29, 1.82) is 0 Å². The topological polar surface area (TPSA) is 6.48 Å². The number of rotatable bonds is 15. The Hall–Kier alpha value is 1.32. The van der Waals surface area contributed by atoms with Gasteiger partial charge >= 0.3 is 0 Å². The summed E-state index contributed by atoms with van der Waals surface area (Å²) >= 11 is 8.40. The molecule has 0 bridgehead atoms. The third-order valence-electron chi connectivity index (χ3n) is 2.48. The lowest BCUT2D eigenvalue weighted by molar-refractivity contribution is 0.437. The Morgan fingerprint density at radius 1 is 0.450 bits per heavy atom. The van der Waals surface area contributed by atoms with Crippen LogP contribution in [0.4, 0.5) is 0 Å². The first-order chi connectivity index (χ1) is 9.63. The van der Waals surface area contributed by atoms with E-state index >= 15 is 0 Å². The molecule has 0 N–H and O–H groups in total. The van der Waals surface area contributed by atoms with Crippen molar-refractivity contribution in [2.75, 3.05) is 87.3 Å². The highest BCUT2D eigenvalue weighted by Crippen LogP contribution is 2.12. The molecule has 0 amide bonds. The van der Waals surface area contributed by atoms with Gasteiger partial charge < -0.3 is 9.80 Å². The van der Waals surface area contributed by atoms with E-state index in [1.807, 2.05) is 0 Å². The minimum atomic E-state index is 1.21. The summed E-state index contributed by atoms with van der Waals surface area (Å²) in [5, 5.41) is 0. The minimum Gasteiger partial charge on any atom is -0.309 e. The Labute approximate surface area is 143 Å². The molecule has 0 radical (unpaired) electrons. The van der Waals surface area contributed by atoms with Crippen LogP contribution in [-0.2, 0) is 0 Å². The molecule has 0 aromatic carbocycles. The molecule has 0 saturated carbocycles. The molecular weight excluding hydrogens is 324 g/mol. The van der Waals surface area contributed by atoms with E-state index in [-0.39, 0.29) is 0 Å². The first kappa shape index (κ1) is 21.3. The summed E-state index contributed by atoms with van der Waals surface area (Å²) in [4.78, 5) is 4.51. The minimum absolute atomic E-state index is 1.21. The maximum atomic E-state index is 2.26. The van der Waals surface area contributed by atoms with Crippen molar-refractivity contribution in [3.63, 3.8) is 0 Å². The first-order valence-electron chi connectivity index (χ1n) is 7.23. The van der Waals surface area contributed by atoms with E-state index in [1.165, 1.54) is 59.1 Å². The smallest absolute Gasteiger partial charge is 0.00662 e. The highest BCUT2D eigenvalue weighted by molar-refractivity contribution is 8.05. The quantitative estimate of drug-likeness (QED) is 0.413. The summed E-state index contributed by atoms with van der Waals surface area (Å²) in [5.74, 6) is 10.4. The molecule has 0 aliphatic heterocycles. The van der Waals surface area contributed by atoms with Crippen molar-refractivity contribution >= 4 is 47.0 Å². The molecule has 0 heterocycles. The van der Waals surface area contributed by atoms with Crippen LogP contribution in [0.3, 0.4) is 0 Å². The summed E-state index contributed by atoms with van der Waals surface area (Å²) in [6, 6.07) is 0. The van der Waals surface area contributed by atoms with E-state index in [4.69, 9.17) is 0 Å². The van der Waals surface area contributed by atoms with E-state index in [0.29, 0.717) is 0 Å². The summed E-state index contributed by atoms with van der Waals surface area (Å²) in [7, 11) is 8.58. The fourth-order valence-electron chi connectivity index (χ4n) is 1.26. The molecule has 122 valence electrons. The van der Waals surface area contributed by atoms with Crippen molar-refractivity contribution in [1.82, 2.24) is 9.80 Å². The SMILES string of the molecule is CN(C)CCSCCSCCSCCSCCN(C)C. The molecule has 0 rings (SSSR count). The van der Waals surface area contributed by atoms with Gasteiger partial charge in [0.15, 0.2) is 0 Å². The summed E-state index contributed by atoms with van der Waals surface area (Å²) in [6.45, 7) is 2.41. The molecule has 0 aromatic rings. The molecule has 0 aliphatic rings. The van der Waals surface area contributed by atoms with Crippen LogP contribution in [-0.4, -0.2) is 97.1 Å². The molecule has 0 atom stereocenters. The first-order valence-corrected chi connectivity index (χ1v) is 11.8. The zero-order valence-electron chi connectivity index (χ0n) is 13.6. The Bertz CT molecular complexity index is 172. The van der Waals surface area contributed by atoms with Gasteiger partial charge in [-0.15, -0.1) is 0 Å². The van der Waals surface area contributed by atoms with Crippen LogP contribution in [0.1, 0.15) is 0 Å².